The van der Waals surface area contributed by atoms with Gasteiger partial charge in [-0.15, -0.1) is 5.73 Å². The van der Waals surface area contributed by atoms with E-state index in [-0.39, 0.29) is 16.7 Å². The molecular formula is C18H11F2N3O. The third kappa shape index (κ3) is 2.91. The van der Waals surface area contributed by atoms with Gasteiger partial charge < -0.3 is 0 Å². The van der Waals surface area contributed by atoms with Crippen LogP contribution in [0.25, 0.3) is 11.4 Å². The van der Waals surface area contributed by atoms with Crippen LogP contribution in [0.4, 0.5) is 8.78 Å². The van der Waals surface area contributed by atoms with Gasteiger partial charge in [0.05, 0.1) is 5.57 Å². The predicted molar refractivity (Wildman–Crippen MR) is 84.6 cm³/mol. The highest BCUT2D eigenvalue weighted by Crippen LogP contribution is 2.22. The maximum Gasteiger partial charge on any atom is 0.202 e. The molecule has 0 radical (unpaired) electrons. The minimum Gasteiger partial charge on any atom is -0.291 e. The molecule has 0 bridgehead atoms. The summed E-state index contributed by atoms with van der Waals surface area (Å²) >= 11 is 0. The van der Waals surface area contributed by atoms with Gasteiger partial charge in [-0.25, -0.2) is 18.7 Å². The molecule has 118 valence electrons. The second-order valence-corrected chi connectivity index (χ2v) is 4.88. The number of aromatic nitrogens is 3. The Morgan fingerprint density at radius 2 is 2.04 bits per heavy atom. The number of allylic oxidation sites excluding steroid dienone is 1. The molecule has 0 fully saturated rings. The van der Waals surface area contributed by atoms with Crippen LogP contribution in [0.15, 0.2) is 67.6 Å². The average Bonchev–Trinajstić information content (AvgIpc) is 3.12. The Hall–Kier alpha value is -3.37. The van der Waals surface area contributed by atoms with Crippen LogP contribution in [0.3, 0.4) is 0 Å². The van der Waals surface area contributed by atoms with Crippen molar-refractivity contribution < 1.29 is 13.6 Å². The summed E-state index contributed by atoms with van der Waals surface area (Å²) < 4.78 is 28.6. The summed E-state index contributed by atoms with van der Waals surface area (Å²) in [6, 6.07) is 6.16. The first kappa shape index (κ1) is 15.5. The number of rotatable bonds is 4. The summed E-state index contributed by atoms with van der Waals surface area (Å²) in [6.45, 7) is 3.43. The number of carbonyl (C=O) groups is 1. The summed E-state index contributed by atoms with van der Waals surface area (Å²) in [5.41, 5.74) is 2.54. The lowest BCUT2D eigenvalue weighted by Gasteiger charge is -2.07. The number of imidazole rings is 1. The van der Waals surface area contributed by atoms with Crippen LogP contribution in [0.5, 0.6) is 0 Å². The molecule has 0 saturated heterocycles. The zero-order valence-electron chi connectivity index (χ0n) is 12.4. The maximum absolute atomic E-state index is 13.9. The standard InChI is InChI=1S/C18H11F2N3O/c1-2-14(15-5-4-13(19)9-16(15)20)18(24)12-3-6-17(22-10-12)23-8-7-21-11-23/h3-11H,1H2. The van der Waals surface area contributed by atoms with Crippen molar-refractivity contribution in [3.05, 3.63) is 90.3 Å². The highest BCUT2D eigenvalue weighted by molar-refractivity contribution is 6.28. The summed E-state index contributed by atoms with van der Waals surface area (Å²) in [6.07, 6.45) is 6.27. The first-order chi connectivity index (χ1) is 11.6. The SMILES string of the molecule is C=C=C(C(=O)c1ccc(-n2ccnc2)nc1)c1ccc(F)cc1F. The first-order valence-electron chi connectivity index (χ1n) is 6.94. The molecular weight excluding hydrogens is 312 g/mol. The summed E-state index contributed by atoms with van der Waals surface area (Å²) in [4.78, 5) is 20.6. The topological polar surface area (TPSA) is 47.8 Å². The van der Waals surface area contributed by atoms with Gasteiger partial charge in [0.2, 0.25) is 5.78 Å². The summed E-state index contributed by atoms with van der Waals surface area (Å²) in [5.74, 6) is -1.49. The van der Waals surface area contributed by atoms with Crippen molar-refractivity contribution in [3.63, 3.8) is 0 Å². The first-order valence-corrected chi connectivity index (χ1v) is 6.94. The number of nitrogens with zero attached hydrogens (tertiary/aromatic N) is 3. The molecule has 1 aromatic carbocycles. The monoisotopic (exact) mass is 323 g/mol. The number of pyridine rings is 1. The summed E-state index contributed by atoms with van der Waals surface area (Å²) in [7, 11) is 0. The largest absolute Gasteiger partial charge is 0.291 e. The van der Waals surface area contributed by atoms with E-state index in [1.807, 2.05) is 0 Å². The van der Waals surface area contributed by atoms with Gasteiger partial charge in [-0.3, -0.25) is 9.36 Å². The van der Waals surface area contributed by atoms with Gasteiger partial charge in [-0.2, -0.15) is 0 Å². The molecule has 2 aromatic heterocycles. The van der Waals surface area contributed by atoms with Crippen molar-refractivity contribution in [3.8, 4) is 5.82 Å². The average molecular weight is 323 g/mol. The molecule has 6 heteroatoms. The fourth-order valence-corrected chi connectivity index (χ4v) is 2.20. The number of halogens is 2. The van der Waals surface area contributed by atoms with Gasteiger partial charge in [-0.05, 0) is 24.3 Å². The molecule has 0 N–H and O–H groups in total. The Labute approximate surface area is 136 Å². The van der Waals surface area contributed by atoms with Gasteiger partial charge in [0.25, 0.3) is 0 Å². The van der Waals surface area contributed by atoms with E-state index in [0.29, 0.717) is 11.9 Å². The zero-order valence-corrected chi connectivity index (χ0v) is 12.4. The van der Waals surface area contributed by atoms with Crippen molar-refractivity contribution in [1.29, 1.82) is 0 Å². The van der Waals surface area contributed by atoms with Crippen LogP contribution < -0.4 is 0 Å². The molecule has 3 rings (SSSR count). The van der Waals surface area contributed by atoms with Crippen molar-refractivity contribution in [2.24, 2.45) is 0 Å². The zero-order chi connectivity index (χ0) is 17.1. The number of Topliss-reactive ketones (excluding diaryl/α,β-unsaturated/α-hetero) is 1. The lowest BCUT2D eigenvalue weighted by atomic mass is 9.98. The van der Waals surface area contributed by atoms with Crippen LogP contribution in [0, 0.1) is 11.6 Å². The number of ketones is 1. The van der Waals surface area contributed by atoms with E-state index < -0.39 is 17.4 Å². The fourth-order valence-electron chi connectivity index (χ4n) is 2.20. The van der Waals surface area contributed by atoms with Crippen LogP contribution in [0.1, 0.15) is 15.9 Å². The molecule has 0 saturated carbocycles. The normalized spacial score (nSPS) is 10.2. The highest BCUT2D eigenvalue weighted by atomic mass is 19.1. The van der Waals surface area contributed by atoms with E-state index in [0.717, 1.165) is 6.07 Å². The molecule has 4 nitrogen and oxygen atoms in total. The van der Waals surface area contributed by atoms with Gasteiger partial charge in [0, 0.05) is 35.8 Å². The predicted octanol–water partition coefficient (Wildman–Crippen LogP) is 3.60. The van der Waals surface area contributed by atoms with E-state index in [1.165, 1.54) is 12.3 Å². The third-order valence-corrected chi connectivity index (χ3v) is 3.38. The fraction of sp³-hybridized carbons (Fsp3) is 0. The van der Waals surface area contributed by atoms with Crippen LogP contribution in [-0.2, 0) is 0 Å². The van der Waals surface area contributed by atoms with Crippen molar-refractivity contribution >= 4 is 11.4 Å². The van der Waals surface area contributed by atoms with E-state index >= 15 is 0 Å². The van der Waals surface area contributed by atoms with Gasteiger partial charge >= 0.3 is 0 Å². The smallest absolute Gasteiger partial charge is 0.202 e. The second kappa shape index (κ2) is 6.40. The quantitative estimate of drug-likeness (QED) is 0.419. The Kier molecular flexibility index (Phi) is 4.14. The van der Waals surface area contributed by atoms with Crippen molar-refractivity contribution in [2.75, 3.05) is 0 Å². The number of hydrogen-bond acceptors (Lipinski definition) is 3. The van der Waals surface area contributed by atoms with Gasteiger partial charge in [0.1, 0.15) is 23.8 Å². The molecule has 0 amide bonds. The molecule has 24 heavy (non-hydrogen) atoms. The Morgan fingerprint density at radius 3 is 2.62 bits per heavy atom. The Balaban J connectivity index is 1.93. The van der Waals surface area contributed by atoms with E-state index in [4.69, 9.17) is 0 Å². The molecule has 0 aliphatic carbocycles. The second-order valence-electron chi connectivity index (χ2n) is 4.88. The molecule has 3 aromatic rings. The molecule has 0 spiro atoms. The molecule has 0 atom stereocenters. The molecule has 0 unspecified atom stereocenters. The minimum atomic E-state index is -0.850. The lowest BCUT2D eigenvalue weighted by Crippen LogP contribution is -2.05. The van der Waals surface area contributed by atoms with Crippen LogP contribution in [0.2, 0.25) is 0 Å². The Bertz CT molecular complexity index is 941. The number of benzene rings is 1. The minimum absolute atomic E-state index is 0.0601. The van der Waals surface area contributed by atoms with E-state index in [2.05, 4.69) is 22.3 Å². The molecule has 0 aliphatic rings. The lowest BCUT2D eigenvalue weighted by molar-refractivity contribution is 0.105. The number of hydrogen-bond donors (Lipinski definition) is 0. The van der Waals surface area contributed by atoms with Gasteiger partial charge in [-0.1, -0.05) is 6.58 Å². The molecule has 0 aliphatic heterocycles. The summed E-state index contributed by atoms with van der Waals surface area (Å²) in [5, 5.41) is 0. The maximum atomic E-state index is 13.9. The van der Waals surface area contributed by atoms with Gasteiger partial charge in [0.15, 0.2) is 0 Å². The van der Waals surface area contributed by atoms with Crippen molar-refractivity contribution in [2.45, 2.75) is 0 Å². The van der Waals surface area contributed by atoms with Crippen LogP contribution >= 0.6 is 0 Å². The molecule has 2 heterocycles. The highest BCUT2D eigenvalue weighted by Gasteiger charge is 2.18. The van der Waals surface area contributed by atoms with E-state index in [1.54, 1.807) is 35.4 Å². The number of carbonyl (C=O) groups excluding carboxylic acids is 1. The van der Waals surface area contributed by atoms with E-state index in [9.17, 15) is 13.6 Å². The third-order valence-electron chi connectivity index (χ3n) is 3.38. The van der Waals surface area contributed by atoms with Crippen molar-refractivity contribution in [1.82, 2.24) is 14.5 Å². The van der Waals surface area contributed by atoms with Crippen LogP contribution in [-0.4, -0.2) is 20.3 Å². The Morgan fingerprint density at radius 1 is 1.21 bits per heavy atom.